The molecular weight excluding hydrogens is 472 g/mol. The molecule has 3 unspecified atom stereocenters. The van der Waals surface area contributed by atoms with Gasteiger partial charge in [-0.15, -0.1) is 0 Å². The zero-order valence-electron chi connectivity index (χ0n) is 19.9. The number of carbonyl (C=O) groups is 2. The Bertz CT molecular complexity index is 1400. The number of halogens is 2. The molecule has 5 rings (SSSR count). The molecule has 4 nitrogen and oxygen atoms in total. The van der Waals surface area contributed by atoms with Gasteiger partial charge in [0.05, 0.1) is 18.1 Å². The van der Waals surface area contributed by atoms with E-state index in [1.54, 1.807) is 35.2 Å². The van der Waals surface area contributed by atoms with E-state index in [1.807, 2.05) is 42.5 Å². The van der Waals surface area contributed by atoms with E-state index in [0.717, 1.165) is 23.0 Å². The molecular formula is C31H25F2NO3. The van der Waals surface area contributed by atoms with Crippen LogP contribution in [0.5, 0.6) is 0 Å². The summed E-state index contributed by atoms with van der Waals surface area (Å²) < 4.78 is 26.8. The maximum Gasteiger partial charge on any atom is 0.233 e. The van der Waals surface area contributed by atoms with Crippen molar-refractivity contribution in [2.24, 2.45) is 5.92 Å². The molecule has 0 spiro atoms. The van der Waals surface area contributed by atoms with Crippen molar-refractivity contribution in [3.8, 4) is 11.1 Å². The molecule has 37 heavy (non-hydrogen) atoms. The van der Waals surface area contributed by atoms with Gasteiger partial charge in [0, 0.05) is 11.3 Å². The molecule has 1 N–H and O–H groups in total. The minimum Gasteiger partial charge on any atom is -0.388 e. The molecule has 4 aromatic carbocycles. The summed E-state index contributed by atoms with van der Waals surface area (Å²) in [7, 11) is 0. The van der Waals surface area contributed by atoms with Crippen LogP contribution in [0, 0.1) is 17.6 Å². The number of benzene rings is 4. The summed E-state index contributed by atoms with van der Waals surface area (Å²) in [5.74, 6) is -1.22. The number of rotatable bonds is 8. The summed E-state index contributed by atoms with van der Waals surface area (Å²) in [6.45, 7) is 0. The van der Waals surface area contributed by atoms with E-state index >= 15 is 0 Å². The van der Waals surface area contributed by atoms with Crippen LogP contribution >= 0.6 is 0 Å². The van der Waals surface area contributed by atoms with Gasteiger partial charge in [0.25, 0.3) is 0 Å². The fraction of sp³-hybridized carbons (Fsp3) is 0.161. The Morgan fingerprint density at radius 2 is 1.49 bits per heavy atom. The van der Waals surface area contributed by atoms with Gasteiger partial charge < -0.3 is 10.0 Å². The average molecular weight is 498 g/mol. The van der Waals surface area contributed by atoms with Gasteiger partial charge in [0.2, 0.25) is 5.91 Å². The summed E-state index contributed by atoms with van der Waals surface area (Å²) in [6.07, 6.45) is 0.764. The predicted molar refractivity (Wildman–Crippen MR) is 138 cm³/mol. The lowest BCUT2D eigenvalue weighted by Crippen LogP contribution is -2.55. The maximum absolute atomic E-state index is 13.5. The quantitative estimate of drug-likeness (QED) is 0.219. The number of aliphatic hydroxyl groups excluding tert-OH is 1. The van der Waals surface area contributed by atoms with Gasteiger partial charge in [0.1, 0.15) is 17.9 Å². The molecule has 0 bridgehead atoms. The normalized spacial score (nSPS) is 17.8. The first-order valence-electron chi connectivity index (χ1n) is 12.1. The van der Waals surface area contributed by atoms with Crippen LogP contribution in [0.15, 0.2) is 97.1 Å². The van der Waals surface area contributed by atoms with E-state index < -0.39 is 6.10 Å². The number of amides is 1. The Kier molecular flexibility index (Phi) is 6.93. The molecule has 1 fully saturated rings. The number of β-lactam (4-membered cyclic amide) rings is 1. The van der Waals surface area contributed by atoms with Gasteiger partial charge in [-0.2, -0.15) is 0 Å². The number of nitrogens with zero attached hydrogens (tertiary/aromatic N) is 1. The molecule has 0 saturated carbocycles. The number of hydrogen-bond acceptors (Lipinski definition) is 3. The van der Waals surface area contributed by atoms with Crippen LogP contribution in [0.4, 0.5) is 14.5 Å². The van der Waals surface area contributed by atoms with Gasteiger partial charge >= 0.3 is 0 Å². The van der Waals surface area contributed by atoms with Crippen LogP contribution in [0.1, 0.15) is 46.5 Å². The highest BCUT2D eigenvalue weighted by molar-refractivity contribution is 6.03. The minimum atomic E-state index is -0.818. The molecule has 6 heteroatoms. The highest BCUT2D eigenvalue weighted by Gasteiger charge is 2.48. The molecule has 1 saturated heterocycles. The molecule has 0 radical (unpaired) electrons. The monoisotopic (exact) mass is 497 g/mol. The van der Waals surface area contributed by atoms with Gasteiger partial charge in [-0.3, -0.25) is 9.59 Å². The third kappa shape index (κ3) is 5.06. The van der Waals surface area contributed by atoms with Gasteiger partial charge in [0.15, 0.2) is 0 Å². The van der Waals surface area contributed by atoms with Crippen LogP contribution in [-0.4, -0.2) is 17.3 Å². The lowest BCUT2D eigenvalue weighted by Gasteiger charge is -2.48. The molecule has 4 aromatic rings. The predicted octanol–water partition coefficient (Wildman–Crippen LogP) is 6.66. The number of anilines is 1. The van der Waals surface area contributed by atoms with Crippen LogP contribution in [0.25, 0.3) is 11.1 Å². The van der Waals surface area contributed by atoms with Gasteiger partial charge in [-0.05, 0) is 77.6 Å². The van der Waals surface area contributed by atoms with Crippen molar-refractivity contribution in [3.63, 3.8) is 0 Å². The zero-order valence-corrected chi connectivity index (χ0v) is 19.9. The fourth-order valence-corrected chi connectivity index (χ4v) is 4.95. The van der Waals surface area contributed by atoms with E-state index in [0.29, 0.717) is 29.7 Å². The van der Waals surface area contributed by atoms with E-state index in [1.165, 1.54) is 24.3 Å². The molecule has 1 aliphatic heterocycles. The third-order valence-electron chi connectivity index (χ3n) is 6.93. The van der Waals surface area contributed by atoms with Crippen LogP contribution in [0.3, 0.4) is 0 Å². The number of aliphatic hydroxyl groups is 1. The Hall–Kier alpha value is -4.16. The van der Waals surface area contributed by atoms with Crippen molar-refractivity contribution in [1.82, 2.24) is 0 Å². The molecule has 0 aromatic heterocycles. The standard InChI is InChI=1S/C31H25F2NO3/c32-25-10-8-22(9-11-25)29(36)17-16-28-30(34(31(28)37)27-14-12-26(33)13-15-27)23-6-4-21(5-7-23)24-3-1-2-20(18-24)19-35/h1-15,18-19,28-30,36H,16-17H2. The van der Waals surface area contributed by atoms with Crippen molar-refractivity contribution < 1.29 is 23.5 Å². The topological polar surface area (TPSA) is 57.6 Å². The third-order valence-corrected chi connectivity index (χ3v) is 6.93. The van der Waals surface area contributed by atoms with E-state index in [2.05, 4.69) is 0 Å². The van der Waals surface area contributed by atoms with Crippen molar-refractivity contribution in [2.75, 3.05) is 4.90 Å². The highest BCUT2D eigenvalue weighted by atomic mass is 19.1. The summed E-state index contributed by atoms with van der Waals surface area (Å²) in [5, 5.41) is 10.6. The minimum absolute atomic E-state index is 0.0920. The molecule has 3 atom stereocenters. The number of hydrogen-bond donors (Lipinski definition) is 1. The Morgan fingerprint density at radius 1 is 0.838 bits per heavy atom. The SMILES string of the molecule is O=Cc1cccc(-c2ccc(C3C(CCC(O)c4ccc(F)cc4)C(=O)N3c3ccc(F)cc3)cc2)c1. The van der Waals surface area contributed by atoms with Crippen LogP contribution in [0.2, 0.25) is 0 Å². The second-order valence-corrected chi connectivity index (χ2v) is 9.25. The molecule has 1 amide bonds. The lowest BCUT2D eigenvalue weighted by atomic mass is 9.78. The summed E-state index contributed by atoms with van der Waals surface area (Å²) in [4.78, 5) is 26.1. The lowest BCUT2D eigenvalue weighted by molar-refractivity contribution is -0.131. The summed E-state index contributed by atoms with van der Waals surface area (Å²) in [6, 6.07) is 26.4. The van der Waals surface area contributed by atoms with Crippen molar-refractivity contribution in [3.05, 3.63) is 125 Å². The van der Waals surface area contributed by atoms with Crippen molar-refractivity contribution in [2.45, 2.75) is 25.0 Å². The van der Waals surface area contributed by atoms with E-state index in [-0.39, 0.29) is 29.5 Å². The Labute approximate surface area is 213 Å². The summed E-state index contributed by atoms with van der Waals surface area (Å²) >= 11 is 0. The highest BCUT2D eigenvalue weighted by Crippen LogP contribution is 2.46. The largest absolute Gasteiger partial charge is 0.388 e. The molecule has 1 aliphatic rings. The molecule has 186 valence electrons. The smallest absolute Gasteiger partial charge is 0.233 e. The Balaban J connectivity index is 1.40. The van der Waals surface area contributed by atoms with E-state index in [9.17, 15) is 23.5 Å². The first-order valence-corrected chi connectivity index (χ1v) is 12.1. The fourth-order valence-electron chi connectivity index (χ4n) is 4.95. The van der Waals surface area contributed by atoms with Gasteiger partial charge in [-0.25, -0.2) is 8.78 Å². The van der Waals surface area contributed by atoms with Crippen LogP contribution < -0.4 is 4.90 Å². The number of aldehydes is 1. The van der Waals surface area contributed by atoms with E-state index in [4.69, 9.17) is 0 Å². The van der Waals surface area contributed by atoms with Crippen molar-refractivity contribution >= 4 is 17.9 Å². The number of carbonyl (C=O) groups excluding carboxylic acids is 2. The molecule has 0 aliphatic carbocycles. The maximum atomic E-state index is 13.5. The van der Waals surface area contributed by atoms with Crippen molar-refractivity contribution in [1.29, 1.82) is 0 Å². The molecule has 1 heterocycles. The average Bonchev–Trinajstić information content (AvgIpc) is 2.93. The summed E-state index contributed by atoms with van der Waals surface area (Å²) in [5.41, 5.74) is 4.57. The second-order valence-electron chi connectivity index (χ2n) is 9.25. The van der Waals surface area contributed by atoms with Crippen LogP contribution in [-0.2, 0) is 4.79 Å². The first kappa shape index (κ1) is 24.5. The Morgan fingerprint density at radius 3 is 2.14 bits per heavy atom. The first-order chi connectivity index (χ1) is 17.9. The zero-order chi connectivity index (χ0) is 25.9. The van der Waals surface area contributed by atoms with Gasteiger partial charge in [-0.1, -0.05) is 54.6 Å². The second kappa shape index (κ2) is 10.4.